The Morgan fingerprint density at radius 1 is 0.919 bits per heavy atom. The highest BCUT2D eigenvalue weighted by Crippen LogP contribution is 2.32. The largest absolute Gasteiger partial charge is 0.492 e. The van der Waals surface area contributed by atoms with Gasteiger partial charge in [0, 0.05) is 5.69 Å². The standard InChI is InChI=1S/C29H28N2O5S/c1-19-7-11-24(12-8-19)35-14-13-31-28(33)26(37-29(31)34)17-22-5-4-6-25(16-22)36-18-27(32)30-23-10-9-20(2)21(3)15-23/h4-12,15-17H,13-14,18H2,1-3H3,(H,30,32)/b26-17-. The quantitative estimate of drug-likeness (QED) is 0.365. The summed E-state index contributed by atoms with van der Waals surface area (Å²) in [6.07, 6.45) is 1.65. The van der Waals surface area contributed by atoms with Crippen molar-refractivity contribution in [3.8, 4) is 11.5 Å². The molecule has 37 heavy (non-hydrogen) atoms. The van der Waals surface area contributed by atoms with Gasteiger partial charge in [-0.25, -0.2) is 0 Å². The Labute approximate surface area is 220 Å². The Morgan fingerprint density at radius 3 is 2.46 bits per heavy atom. The molecule has 0 spiro atoms. The van der Waals surface area contributed by atoms with Crippen LogP contribution in [0.25, 0.3) is 6.08 Å². The van der Waals surface area contributed by atoms with Crippen molar-refractivity contribution in [2.24, 2.45) is 0 Å². The van der Waals surface area contributed by atoms with E-state index >= 15 is 0 Å². The van der Waals surface area contributed by atoms with Crippen LogP contribution in [0.3, 0.4) is 0 Å². The Morgan fingerprint density at radius 2 is 1.70 bits per heavy atom. The van der Waals surface area contributed by atoms with E-state index in [1.54, 1.807) is 30.3 Å². The molecule has 190 valence electrons. The molecule has 1 aliphatic heterocycles. The van der Waals surface area contributed by atoms with Gasteiger partial charge in [0.2, 0.25) is 0 Å². The van der Waals surface area contributed by atoms with Gasteiger partial charge in [-0.05, 0) is 91.7 Å². The number of rotatable bonds is 9. The Bertz CT molecular complexity index is 1350. The van der Waals surface area contributed by atoms with Gasteiger partial charge in [0.15, 0.2) is 6.61 Å². The van der Waals surface area contributed by atoms with Crippen LogP contribution in [0.1, 0.15) is 22.3 Å². The molecule has 1 saturated heterocycles. The van der Waals surface area contributed by atoms with Crippen molar-refractivity contribution in [1.29, 1.82) is 0 Å². The van der Waals surface area contributed by atoms with Crippen molar-refractivity contribution >= 4 is 40.6 Å². The minimum Gasteiger partial charge on any atom is -0.492 e. The first-order valence-electron chi connectivity index (χ1n) is 11.8. The fourth-order valence-electron chi connectivity index (χ4n) is 3.59. The van der Waals surface area contributed by atoms with Gasteiger partial charge >= 0.3 is 0 Å². The minimum absolute atomic E-state index is 0.159. The van der Waals surface area contributed by atoms with Crippen LogP contribution in [0.4, 0.5) is 10.5 Å². The van der Waals surface area contributed by atoms with Crippen molar-refractivity contribution in [3.63, 3.8) is 0 Å². The maximum absolute atomic E-state index is 12.8. The zero-order chi connectivity index (χ0) is 26.4. The monoisotopic (exact) mass is 516 g/mol. The summed E-state index contributed by atoms with van der Waals surface area (Å²) in [7, 11) is 0. The number of carbonyl (C=O) groups excluding carboxylic acids is 3. The molecule has 4 rings (SSSR count). The summed E-state index contributed by atoms with van der Waals surface area (Å²) >= 11 is 0.890. The maximum atomic E-state index is 12.8. The lowest BCUT2D eigenvalue weighted by atomic mass is 10.1. The number of carbonyl (C=O) groups is 3. The molecule has 3 amide bonds. The average Bonchev–Trinajstić information content (AvgIpc) is 3.14. The highest BCUT2D eigenvalue weighted by atomic mass is 32.2. The van der Waals surface area contributed by atoms with Crippen LogP contribution >= 0.6 is 11.8 Å². The number of hydrogen-bond acceptors (Lipinski definition) is 6. The molecule has 1 heterocycles. The van der Waals surface area contributed by atoms with Crippen molar-refractivity contribution in [3.05, 3.63) is 93.9 Å². The number of ether oxygens (including phenoxy) is 2. The van der Waals surface area contributed by atoms with Gasteiger partial charge in [-0.1, -0.05) is 35.9 Å². The summed E-state index contributed by atoms with van der Waals surface area (Å²) in [5, 5.41) is 2.49. The smallest absolute Gasteiger partial charge is 0.293 e. The molecule has 3 aromatic carbocycles. The van der Waals surface area contributed by atoms with Crippen LogP contribution in [0.2, 0.25) is 0 Å². The number of nitrogens with one attached hydrogen (secondary N) is 1. The predicted octanol–water partition coefficient (Wildman–Crippen LogP) is 5.74. The van der Waals surface area contributed by atoms with Crippen molar-refractivity contribution in [2.45, 2.75) is 20.8 Å². The van der Waals surface area contributed by atoms with Gasteiger partial charge in [0.05, 0.1) is 11.4 Å². The van der Waals surface area contributed by atoms with Gasteiger partial charge in [-0.15, -0.1) is 0 Å². The van der Waals surface area contributed by atoms with E-state index in [1.807, 2.05) is 63.2 Å². The number of aryl methyl sites for hydroxylation is 3. The first kappa shape index (κ1) is 26.0. The molecule has 1 fully saturated rings. The molecule has 0 bridgehead atoms. The van der Waals surface area contributed by atoms with E-state index in [4.69, 9.17) is 9.47 Å². The number of thioether (sulfide) groups is 1. The highest BCUT2D eigenvalue weighted by Gasteiger charge is 2.34. The molecule has 0 radical (unpaired) electrons. The second-order valence-corrected chi connectivity index (χ2v) is 9.70. The molecule has 0 saturated carbocycles. The Balaban J connectivity index is 1.31. The summed E-state index contributed by atoms with van der Waals surface area (Å²) in [4.78, 5) is 39.0. The van der Waals surface area contributed by atoms with E-state index in [0.29, 0.717) is 27.7 Å². The first-order chi connectivity index (χ1) is 17.8. The first-order valence-corrected chi connectivity index (χ1v) is 12.6. The summed E-state index contributed by atoms with van der Waals surface area (Å²) < 4.78 is 11.3. The average molecular weight is 517 g/mol. The van der Waals surface area contributed by atoms with Gasteiger partial charge in [0.25, 0.3) is 17.1 Å². The fraction of sp³-hybridized carbons (Fsp3) is 0.207. The van der Waals surface area contributed by atoms with Crippen LogP contribution in [0, 0.1) is 20.8 Å². The molecule has 1 N–H and O–H groups in total. The summed E-state index contributed by atoms with van der Waals surface area (Å²) in [5.41, 5.74) is 4.77. The fourth-order valence-corrected chi connectivity index (χ4v) is 4.46. The van der Waals surface area contributed by atoms with E-state index in [-0.39, 0.29) is 36.8 Å². The maximum Gasteiger partial charge on any atom is 0.293 e. The molecule has 1 aliphatic rings. The van der Waals surface area contributed by atoms with Crippen molar-refractivity contribution in [1.82, 2.24) is 4.90 Å². The molecule has 8 heteroatoms. The zero-order valence-corrected chi connectivity index (χ0v) is 21.8. The van der Waals surface area contributed by atoms with Crippen LogP contribution < -0.4 is 14.8 Å². The third-order valence-corrected chi connectivity index (χ3v) is 6.70. The molecular weight excluding hydrogens is 488 g/mol. The molecule has 0 aliphatic carbocycles. The SMILES string of the molecule is Cc1ccc(OCCN2C(=O)S/C(=C\c3cccc(OCC(=O)Nc4ccc(C)c(C)c4)c3)C2=O)cc1. The van der Waals surface area contributed by atoms with E-state index < -0.39 is 0 Å². The molecule has 7 nitrogen and oxygen atoms in total. The van der Waals surface area contributed by atoms with Crippen LogP contribution in [-0.4, -0.2) is 41.7 Å². The lowest BCUT2D eigenvalue weighted by Crippen LogP contribution is -2.32. The van der Waals surface area contributed by atoms with E-state index in [1.165, 1.54) is 4.90 Å². The summed E-state index contributed by atoms with van der Waals surface area (Å²) in [6.45, 7) is 6.20. The third kappa shape index (κ3) is 7.01. The Hall–Kier alpha value is -4.04. The zero-order valence-electron chi connectivity index (χ0n) is 20.9. The topological polar surface area (TPSA) is 84.9 Å². The number of imide groups is 1. The van der Waals surface area contributed by atoms with Gasteiger partial charge in [0.1, 0.15) is 18.1 Å². The molecule has 3 aromatic rings. The predicted molar refractivity (Wildman–Crippen MR) is 146 cm³/mol. The van der Waals surface area contributed by atoms with Gasteiger partial charge < -0.3 is 14.8 Å². The number of anilines is 1. The molecule has 0 aromatic heterocycles. The van der Waals surface area contributed by atoms with Crippen molar-refractivity contribution in [2.75, 3.05) is 25.1 Å². The molecule has 0 atom stereocenters. The second-order valence-electron chi connectivity index (χ2n) is 8.70. The van der Waals surface area contributed by atoms with Gasteiger partial charge in [-0.2, -0.15) is 0 Å². The highest BCUT2D eigenvalue weighted by molar-refractivity contribution is 8.18. The molecular formula is C29H28N2O5S. The number of nitrogens with zero attached hydrogens (tertiary/aromatic N) is 1. The van der Waals surface area contributed by atoms with Crippen LogP contribution in [0.5, 0.6) is 11.5 Å². The van der Waals surface area contributed by atoms with E-state index in [9.17, 15) is 14.4 Å². The number of benzene rings is 3. The number of hydrogen-bond donors (Lipinski definition) is 1. The lowest BCUT2D eigenvalue weighted by Gasteiger charge is -2.13. The summed E-state index contributed by atoms with van der Waals surface area (Å²) in [6, 6.07) is 20.3. The Kier molecular flexibility index (Phi) is 8.30. The number of amides is 3. The van der Waals surface area contributed by atoms with Crippen LogP contribution in [0.15, 0.2) is 71.6 Å². The lowest BCUT2D eigenvalue weighted by molar-refractivity contribution is -0.123. The summed E-state index contributed by atoms with van der Waals surface area (Å²) in [5.74, 6) is 0.534. The second kappa shape index (κ2) is 11.8. The van der Waals surface area contributed by atoms with Gasteiger partial charge in [-0.3, -0.25) is 19.3 Å². The molecule has 0 unspecified atom stereocenters. The normalized spacial score (nSPS) is 14.2. The van der Waals surface area contributed by atoms with E-state index in [2.05, 4.69) is 5.32 Å². The van der Waals surface area contributed by atoms with Crippen molar-refractivity contribution < 1.29 is 23.9 Å². The third-order valence-electron chi connectivity index (χ3n) is 5.79. The van der Waals surface area contributed by atoms with Crippen LogP contribution in [-0.2, 0) is 9.59 Å². The minimum atomic E-state index is -0.360. The van der Waals surface area contributed by atoms with E-state index in [0.717, 1.165) is 28.5 Å².